The number of hydrogen-bond acceptors (Lipinski definition) is 5. The molecule has 0 saturated carbocycles. The first kappa shape index (κ1) is 14.7. The normalized spacial score (nSPS) is 15.4. The summed E-state index contributed by atoms with van der Waals surface area (Å²) in [6.07, 6.45) is 2.59. The lowest BCUT2D eigenvalue weighted by Crippen LogP contribution is -2.29. The van der Waals surface area contributed by atoms with Crippen LogP contribution >= 0.6 is 0 Å². The van der Waals surface area contributed by atoms with Crippen molar-refractivity contribution in [3.63, 3.8) is 0 Å². The van der Waals surface area contributed by atoms with Crippen LogP contribution in [0.15, 0.2) is 18.2 Å². The van der Waals surface area contributed by atoms with E-state index < -0.39 is 4.92 Å². The summed E-state index contributed by atoms with van der Waals surface area (Å²) < 4.78 is 5.09. The molecule has 1 aliphatic rings. The molecule has 20 heavy (non-hydrogen) atoms. The first-order chi connectivity index (χ1) is 9.69. The molecule has 6 heteroatoms. The molecule has 1 fully saturated rings. The van der Waals surface area contributed by atoms with Gasteiger partial charge in [0.05, 0.1) is 18.1 Å². The molecule has 1 aliphatic heterocycles. The van der Waals surface area contributed by atoms with Crippen LogP contribution in [0.1, 0.15) is 18.4 Å². The van der Waals surface area contributed by atoms with Crippen LogP contribution in [0.25, 0.3) is 0 Å². The van der Waals surface area contributed by atoms with E-state index >= 15 is 0 Å². The SMILES string of the molecule is COc1cc(CNCCN2CCCC2)cc([N+](=O)[O-])c1. The Morgan fingerprint density at radius 3 is 2.75 bits per heavy atom. The predicted octanol–water partition coefficient (Wildman–Crippen LogP) is 1.79. The van der Waals surface area contributed by atoms with Crippen LogP contribution < -0.4 is 10.1 Å². The Balaban J connectivity index is 1.84. The Morgan fingerprint density at radius 2 is 2.10 bits per heavy atom. The third-order valence-electron chi connectivity index (χ3n) is 3.53. The number of rotatable bonds is 7. The molecule has 0 amide bonds. The predicted molar refractivity (Wildman–Crippen MR) is 77.0 cm³/mol. The second kappa shape index (κ2) is 7.21. The van der Waals surface area contributed by atoms with Gasteiger partial charge in [0.1, 0.15) is 5.75 Å². The molecule has 2 rings (SSSR count). The van der Waals surface area contributed by atoms with Gasteiger partial charge in [-0.05, 0) is 37.6 Å². The maximum Gasteiger partial charge on any atom is 0.273 e. The number of nitro benzene ring substituents is 1. The highest BCUT2D eigenvalue weighted by Crippen LogP contribution is 2.22. The highest BCUT2D eigenvalue weighted by atomic mass is 16.6. The molecule has 0 aliphatic carbocycles. The molecule has 0 atom stereocenters. The zero-order valence-electron chi connectivity index (χ0n) is 11.8. The summed E-state index contributed by atoms with van der Waals surface area (Å²) in [5, 5.41) is 14.2. The standard InChI is InChI=1S/C14H21N3O3/c1-20-14-9-12(8-13(10-14)17(18)19)11-15-4-7-16-5-2-3-6-16/h8-10,15H,2-7,11H2,1H3. The summed E-state index contributed by atoms with van der Waals surface area (Å²) in [6, 6.07) is 4.86. The smallest absolute Gasteiger partial charge is 0.273 e. The highest BCUT2D eigenvalue weighted by Gasteiger charge is 2.11. The van der Waals surface area contributed by atoms with E-state index in [1.54, 1.807) is 6.07 Å². The first-order valence-electron chi connectivity index (χ1n) is 6.94. The number of hydrogen-bond donors (Lipinski definition) is 1. The van der Waals surface area contributed by atoms with E-state index in [4.69, 9.17) is 4.74 Å². The number of nitro groups is 1. The van der Waals surface area contributed by atoms with Crippen molar-refractivity contribution in [1.82, 2.24) is 10.2 Å². The van der Waals surface area contributed by atoms with Crippen molar-refractivity contribution >= 4 is 5.69 Å². The molecule has 0 radical (unpaired) electrons. The number of likely N-dealkylation sites (tertiary alicyclic amines) is 1. The van der Waals surface area contributed by atoms with Crippen molar-refractivity contribution in [2.45, 2.75) is 19.4 Å². The van der Waals surface area contributed by atoms with Crippen molar-refractivity contribution in [3.05, 3.63) is 33.9 Å². The zero-order chi connectivity index (χ0) is 14.4. The molecule has 110 valence electrons. The average molecular weight is 279 g/mol. The molecule has 0 bridgehead atoms. The molecule has 1 saturated heterocycles. The summed E-state index contributed by atoms with van der Waals surface area (Å²) in [6.45, 7) is 4.92. The van der Waals surface area contributed by atoms with Gasteiger partial charge in [-0.3, -0.25) is 10.1 Å². The number of nitrogens with one attached hydrogen (secondary N) is 1. The van der Waals surface area contributed by atoms with Gasteiger partial charge in [0.15, 0.2) is 0 Å². The van der Waals surface area contributed by atoms with Gasteiger partial charge < -0.3 is 15.0 Å². The van der Waals surface area contributed by atoms with Gasteiger partial charge in [0, 0.05) is 25.7 Å². The summed E-state index contributed by atoms with van der Waals surface area (Å²) in [5.74, 6) is 0.524. The first-order valence-corrected chi connectivity index (χ1v) is 6.94. The Labute approximate surface area is 118 Å². The monoisotopic (exact) mass is 279 g/mol. The molecule has 0 spiro atoms. The molecule has 0 aromatic heterocycles. The van der Waals surface area contributed by atoms with Crippen LogP contribution in [0.4, 0.5) is 5.69 Å². The fraction of sp³-hybridized carbons (Fsp3) is 0.571. The molecule has 1 aromatic rings. The van der Waals surface area contributed by atoms with Crippen LogP contribution in [0.3, 0.4) is 0 Å². The summed E-state index contributed by atoms with van der Waals surface area (Å²) in [5.41, 5.74) is 0.943. The van der Waals surface area contributed by atoms with Crippen molar-refractivity contribution in [2.75, 3.05) is 33.3 Å². The Morgan fingerprint density at radius 1 is 1.35 bits per heavy atom. The third-order valence-corrected chi connectivity index (χ3v) is 3.53. The van der Waals surface area contributed by atoms with Gasteiger partial charge in [-0.1, -0.05) is 0 Å². The number of nitrogens with zero attached hydrogens (tertiary/aromatic N) is 2. The van der Waals surface area contributed by atoms with E-state index in [-0.39, 0.29) is 5.69 Å². The van der Waals surface area contributed by atoms with Crippen LogP contribution in [0.2, 0.25) is 0 Å². The minimum atomic E-state index is -0.393. The van der Waals surface area contributed by atoms with E-state index in [9.17, 15) is 10.1 Å². The highest BCUT2D eigenvalue weighted by molar-refractivity contribution is 5.42. The Kier molecular flexibility index (Phi) is 5.31. The summed E-state index contributed by atoms with van der Waals surface area (Å²) >= 11 is 0. The molecular weight excluding hydrogens is 258 g/mol. The van der Waals surface area contributed by atoms with Crippen molar-refractivity contribution in [3.8, 4) is 5.75 Å². The minimum Gasteiger partial charge on any atom is -0.496 e. The Hall–Kier alpha value is -1.66. The number of methoxy groups -OCH3 is 1. The molecule has 0 unspecified atom stereocenters. The lowest BCUT2D eigenvalue weighted by Gasteiger charge is -2.14. The van der Waals surface area contributed by atoms with Crippen molar-refractivity contribution in [2.24, 2.45) is 0 Å². The lowest BCUT2D eigenvalue weighted by atomic mass is 10.2. The number of ether oxygens (including phenoxy) is 1. The maximum atomic E-state index is 10.8. The number of non-ortho nitro benzene ring substituents is 1. The minimum absolute atomic E-state index is 0.0701. The summed E-state index contributed by atoms with van der Waals surface area (Å²) in [7, 11) is 1.52. The van der Waals surface area contributed by atoms with Gasteiger partial charge in [0.2, 0.25) is 0 Å². The van der Waals surface area contributed by atoms with Gasteiger partial charge >= 0.3 is 0 Å². The van der Waals surface area contributed by atoms with Gasteiger partial charge in [0.25, 0.3) is 5.69 Å². The van der Waals surface area contributed by atoms with Gasteiger partial charge in [-0.15, -0.1) is 0 Å². The van der Waals surface area contributed by atoms with Crippen LogP contribution in [-0.4, -0.2) is 43.1 Å². The lowest BCUT2D eigenvalue weighted by molar-refractivity contribution is -0.385. The molecular formula is C14H21N3O3. The molecule has 6 nitrogen and oxygen atoms in total. The van der Waals surface area contributed by atoms with E-state index in [2.05, 4.69) is 10.2 Å². The van der Waals surface area contributed by atoms with E-state index in [0.717, 1.165) is 18.7 Å². The van der Waals surface area contributed by atoms with E-state index in [1.807, 2.05) is 6.07 Å². The van der Waals surface area contributed by atoms with Gasteiger partial charge in [-0.2, -0.15) is 0 Å². The van der Waals surface area contributed by atoms with Crippen molar-refractivity contribution < 1.29 is 9.66 Å². The van der Waals surface area contributed by atoms with Crippen LogP contribution in [0.5, 0.6) is 5.75 Å². The van der Waals surface area contributed by atoms with E-state index in [1.165, 1.54) is 39.1 Å². The Bertz CT molecular complexity index is 459. The fourth-order valence-electron chi connectivity index (χ4n) is 2.44. The summed E-state index contributed by atoms with van der Waals surface area (Å²) in [4.78, 5) is 12.9. The maximum absolute atomic E-state index is 10.8. The average Bonchev–Trinajstić information content (AvgIpc) is 2.96. The van der Waals surface area contributed by atoms with Crippen LogP contribution in [-0.2, 0) is 6.54 Å². The quantitative estimate of drug-likeness (QED) is 0.468. The van der Waals surface area contributed by atoms with Gasteiger partial charge in [-0.25, -0.2) is 0 Å². The molecule has 1 N–H and O–H groups in total. The molecule has 1 heterocycles. The largest absolute Gasteiger partial charge is 0.496 e. The fourth-order valence-corrected chi connectivity index (χ4v) is 2.44. The second-order valence-corrected chi connectivity index (χ2v) is 5.02. The molecule has 1 aromatic carbocycles. The van der Waals surface area contributed by atoms with E-state index in [0.29, 0.717) is 12.3 Å². The number of benzene rings is 1. The topological polar surface area (TPSA) is 67.6 Å². The third kappa shape index (κ3) is 4.18. The van der Waals surface area contributed by atoms with Crippen LogP contribution in [0, 0.1) is 10.1 Å². The zero-order valence-corrected chi connectivity index (χ0v) is 11.8. The second-order valence-electron chi connectivity index (χ2n) is 5.02. The van der Waals surface area contributed by atoms with Crippen molar-refractivity contribution in [1.29, 1.82) is 0 Å².